The lowest BCUT2D eigenvalue weighted by atomic mass is 10.2. The summed E-state index contributed by atoms with van der Waals surface area (Å²) in [6.07, 6.45) is 3.14. The molecule has 1 aromatic rings. The summed E-state index contributed by atoms with van der Waals surface area (Å²) in [6, 6.07) is 0.519. The van der Waals surface area contributed by atoms with Gasteiger partial charge in [-0.2, -0.15) is 5.10 Å². The standard InChI is InChI=1S/C12H24N4O2S/c1-10(2)16(4)8-6-5-7-14-19(17,18)12-9-13-15-11(12)3/h9-10,14H,5-8H2,1-4H3,(H,13,15). The second kappa shape index (κ2) is 7.02. The van der Waals surface area contributed by atoms with Crippen LogP contribution in [-0.2, 0) is 10.0 Å². The monoisotopic (exact) mass is 288 g/mol. The van der Waals surface area contributed by atoms with E-state index in [0.29, 0.717) is 18.3 Å². The van der Waals surface area contributed by atoms with Crippen LogP contribution in [0.25, 0.3) is 0 Å². The van der Waals surface area contributed by atoms with Crippen molar-refractivity contribution in [2.45, 2.75) is 44.6 Å². The molecule has 0 bridgehead atoms. The lowest BCUT2D eigenvalue weighted by Crippen LogP contribution is -2.29. The van der Waals surface area contributed by atoms with E-state index in [1.54, 1.807) is 6.92 Å². The third-order valence-electron chi connectivity index (χ3n) is 3.18. The Balaban J connectivity index is 2.32. The first-order valence-corrected chi connectivity index (χ1v) is 8.03. The van der Waals surface area contributed by atoms with Gasteiger partial charge in [-0.1, -0.05) is 0 Å². The molecule has 0 aliphatic heterocycles. The topological polar surface area (TPSA) is 78.1 Å². The molecule has 0 aliphatic rings. The van der Waals surface area contributed by atoms with Crippen LogP contribution in [0.1, 0.15) is 32.4 Å². The Bertz CT molecular complexity index is 482. The van der Waals surface area contributed by atoms with E-state index < -0.39 is 10.0 Å². The molecule has 0 atom stereocenters. The van der Waals surface area contributed by atoms with Crippen molar-refractivity contribution in [1.82, 2.24) is 19.8 Å². The van der Waals surface area contributed by atoms with Gasteiger partial charge in [0.1, 0.15) is 4.90 Å². The predicted molar refractivity (Wildman–Crippen MR) is 75.5 cm³/mol. The smallest absolute Gasteiger partial charge is 0.243 e. The van der Waals surface area contributed by atoms with Gasteiger partial charge in [-0.3, -0.25) is 5.10 Å². The van der Waals surface area contributed by atoms with Gasteiger partial charge in [-0.25, -0.2) is 13.1 Å². The first kappa shape index (κ1) is 16.1. The minimum Gasteiger partial charge on any atom is -0.304 e. The molecule has 0 aromatic carbocycles. The van der Waals surface area contributed by atoms with Crippen LogP contribution >= 0.6 is 0 Å². The lowest BCUT2D eigenvalue weighted by molar-refractivity contribution is 0.268. The van der Waals surface area contributed by atoms with Crippen LogP contribution in [0.4, 0.5) is 0 Å². The van der Waals surface area contributed by atoms with Crippen molar-refractivity contribution in [3.05, 3.63) is 11.9 Å². The van der Waals surface area contributed by atoms with Gasteiger partial charge in [0.15, 0.2) is 0 Å². The molecular formula is C12H24N4O2S. The highest BCUT2D eigenvalue weighted by atomic mass is 32.2. The van der Waals surface area contributed by atoms with Crippen LogP contribution in [0.15, 0.2) is 11.1 Å². The molecule has 1 heterocycles. The van der Waals surface area contributed by atoms with Crippen LogP contribution in [0.3, 0.4) is 0 Å². The van der Waals surface area contributed by atoms with Gasteiger partial charge in [-0.05, 0) is 47.2 Å². The second-order valence-electron chi connectivity index (χ2n) is 5.04. The molecule has 0 radical (unpaired) electrons. The highest BCUT2D eigenvalue weighted by molar-refractivity contribution is 7.89. The molecule has 6 nitrogen and oxygen atoms in total. The Kier molecular flexibility index (Phi) is 5.96. The van der Waals surface area contributed by atoms with Gasteiger partial charge in [0, 0.05) is 12.6 Å². The number of rotatable bonds is 8. The van der Waals surface area contributed by atoms with Gasteiger partial charge in [0.2, 0.25) is 10.0 Å². The van der Waals surface area contributed by atoms with Gasteiger partial charge in [-0.15, -0.1) is 0 Å². The normalized spacial score (nSPS) is 12.5. The minimum absolute atomic E-state index is 0.229. The fourth-order valence-corrected chi connectivity index (χ4v) is 2.85. The summed E-state index contributed by atoms with van der Waals surface area (Å²) < 4.78 is 26.5. The third kappa shape index (κ3) is 4.93. The number of nitrogens with one attached hydrogen (secondary N) is 2. The fourth-order valence-electron chi connectivity index (χ4n) is 1.64. The Morgan fingerprint density at radius 2 is 2.11 bits per heavy atom. The number of aryl methyl sites for hydroxylation is 1. The molecule has 1 aromatic heterocycles. The van der Waals surface area contributed by atoms with E-state index >= 15 is 0 Å². The van der Waals surface area contributed by atoms with E-state index in [4.69, 9.17) is 0 Å². The molecule has 0 saturated heterocycles. The Morgan fingerprint density at radius 3 is 2.63 bits per heavy atom. The number of unbranched alkanes of at least 4 members (excludes halogenated alkanes) is 1. The molecule has 19 heavy (non-hydrogen) atoms. The van der Waals surface area contributed by atoms with Crippen LogP contribution < -0.4 is 4.72 Å². The van der Waals surface area contributed by atoms with Crippen LogP contribution in [-0.4, -0.2) is 49.7 Å². The van der Waals surface area contributed by atoms with Crippen molar-refractivity contribution >= 4 is 10.0 Å². The zero-order valence-electron chi connectivity index (χ0n) is 12.1. The number of nitrogens with zero attached hydrogens (tertiary/aromatic N) is 2. The molecule has 1 rings (SSSR count). The quantitative estimate of drug-likeness (QED) is 0.703. The summed E-state index contributed by atoms with van der Waals surface area (Å²) in [5, 5.41) is 6.35. The highest BCUT2D eigenvalue weighted by Gasteiger charge is 2.17. The summed E-state index contributed by atoms with van der Waals surface area (Å²) in [5.41, 5.74) is 0.562. The average Bonchev–Trinajstić information content (AvgIpc) is 2.75. The maximum atomic E-state index is 11.9. The zero-order chi connectivity index (χ0) is 14.5. The molecule has 0 aliphatic carbocycles. The van der Waals surface area contributed by atoms with Crippen molar-refractivity contribution in [2.24, 2.45) is 0 Å². The van der Waals surface area contributed by atoms with Crippen LogP contribution in [0.2, 0.25) is 0 Å². The van der Waals surface area contributed by atoms with Gasteiger partial charge >= 0.3 is 0 Å². The van der Waals surface area contributed by atoms with Crippen molar-refractivity contribution < 1.29 is 8.42 Å². The van der Waals surface area contributed by atoms with Gasteiger partial charge in [0.25, 0.3) is 0 Å². The van der Waals surface area contributed by atoms with Crippen LogP contribution in [0.5, 0.6) is 0 Å². The molecule has 0 amide bonds. The van der Waals surface area contributed by atoms with E-state index in [-0.39, 0.29) is 4.90 Å². The van der Waals surface area contributed by atoms with E-state index in [9.17, 15) is 8.42 Å². The fraction of sp³-hybridized carbons (Fsp3) is 0.750. The molecule has 0 spiro atoms. The maximum absolute atomic E-state index is 11.9. The number of H-pyrrole nitrogens is 1. The van der Waals surface area contributed by atoms with E-state index in [1.807, 2.05) is 0 Å². The summed E-state index contributed by atoms with van der Waals surface area (Å²) in [6.45, 7) is 7.41. The molecular weight excluding hydrogens is 264 g/mol. The second-order valence-corrected chi connectivity index (χ2v) is 6.77. The van der Waals surface area contributed by atoms with E-state index in [2.05, 4.69) is 40.7 Å². The number of hydrogen-bond acceptors (Lipinski definition) is 4. The SMILES string of the molecule is Cc1[nH]ncc1S(=O)(=O)NCCCCN(C)C(C)C. The average molecular weight is 288 g/mol. The Morgan fingerprint density at radius 1 is 1.42 bits per heavy atom. The Labute approximate surface area is 115 Å². The van der Waals surface area contributed by atoms with Crippen molar-refractivity contribution in [3.8, 4) is 0 Å². The first-order chi connectivity index (χ1) is 8.84. The van der Waals surface area contributed by atoms with Gasteiger partial charge in [0.05, 0.1) is 11.9 Å². The molecule has 110 valence electrons. The largest absolute Gasteiger partial charge is 0.304 e. The van der Waals surface area contributed by atoms with Crippen molar-refractivity contribution in [3.63, 3.8) is 0 Å². The third-order valence-corrected chi connectivity index (χ3v) is 4.76. The molecule has 2 N–H and O–H groups in total. The lowest BCUT2D eigenvalue weighted by Gasteiger charge is -2.20. The highest BCUT2D eigenvalue weighted by Crippen LogP contribution is 2.10. The molecule has 0 fully saturated rings. The summed E-state index contributed by atoms with van der Waals surface area (Å²) >= 11 is 0. The number of sulfonamides is 1. The van der Waals surface area contributed by atoms with Crippen molar-refractivity contribution in [2.75, 3.05) is 20.1 Å². The first-order valence-electron chi connectivity index (χ1n) is 6.54. The minimum atomic E-state index is -3.42. The zero-order valence-corrected chi connectivity index (χ0v) is 12.9. The molecule has 7 heteroatoms. The Hall–Kier alpha value is -0.920. The van der Waals surface area contributed by atoms with E-state index in [1.165, 1.54) is 6.20 Å². The molecule has 0 unspecified atom stereocenters. The van der Waals surface area contributed by atoms with Crippen LogP contribution in [0, 0.1) is 6.92 Å². The summed E-state index contributed by atoms with van der Waals surface area (Å²) in [7, 11) is -1.35. The number of aromatic nitrogens is 2. The van der Waals surface area contributed by atoms with Gasteiger partial charge < -0.3 is 4.90 Å². The summed E-state index contributed by atoms with van der Waals surface area (Å²) in [5.74, 6) is 0. The maximum Gasteiger partial charge on any atom is 0.243 e. The number of hydrogen-bond donors (Lipinski definition) is 2. The molecule has 0 saturated carbocycles. The van der Waals surface area contributed by atoms with E-state index in [0.717, 1.165) is 19.4 Å². The number of aromatic amines is 1. The summed E-state index contributed by atoms with van der Waals surface area (Å²) in [4.78, 5) is 2.47. The van der Waals surface area contributed by atoms with Crippen molar-refractivity contribution in [1.29, 1.82) is 0 Å². The predicted octanol–water partition coefficient (Wildman–Crippen LogP) is 1.12.